The van der Waals surface area contributed by atoms with E-state index in [9.17, 15) is 44.4 Å². The van der Waals surface area contributed by atoms with E-state index < -0.39 is 95.0 Å². The van der Waals surface area contributed by atoms with Crippen molar-refractivity contribution in [3.8, 4) is 0 Å². The zero-order valence-electron chi connectivity index (χ0n) is 24.9. The van der Waals surface area contributed by atoms with E-state index in [0.717, 1.165) is 13.8 Å². The molecule has 1 aromatic rings. The Bertz CT molecular complexity index is 1370. The van der Waals surface area contributed by atoms with Gasteiger partial charge in [-0.3, -0.25) is 14.4 Å². The number of hydrogen-bond donors (Lipinski definition) is 4. The van der Waals surface area contributed by atoms with Crippen LogP contribution in [0.4, 0.5) is 0 Å². The van der Waals surface area contributed by atoms with Crippen molar-refractivity contribution in [1.82, 2.24) is 0 Å². The van der Waals surface area contributed by atoms with E-state index in [1.165, 1.54) is 39.8 Å². The third-order valence-corrected chi connectivity index (χ3v) is 9.89. The second kappa shape index (κ2) is 10.9. The number of carbonyl (C=O) groups excluding carboxylic acids is 5. The van der Waals surface area contributed by atoms with E-state index in [0.29, 0.717) is 0 Å². The molecule has 4 N–H and O–H groups in total. The lowest BCUT2D eigenvalue weighted by Crippen LogP contribution is -2.71. The first-order chi connectivity index (χ1) is 19.9. The minimum absolute atomic E-state index is 0.0275. The summed E-state index contributed by atoms with van der Waals surface area (Å²) in [6.07, 6.45) is -7.33. The van der Waals surface area contributed by atoms with E-state index in [1.807, 2.05) is 0 Å². The zero-order chi connectivity index (χ0) is 32.3. The molecule has 1 aromatic carbocycles. The molecule has 0 unspecified atom stereocenters. The lowest BCUT2D eigenvalue weighted by Gasteiger charge is -2.59. The number of esters is 3. The number of hydrogen-bond acceptors (Lipinski definition) is 12. The number of aliphatic hydroxyl groups is 4. The Morgan fingerprint density at radius 3 is 2.14 bits per heavy atom. The van der Waals surface area contributed by atoms with Crippen molar-refractivity contribution in [2.75, 3.05) is 6.61 Å². The highest BCUT2D eigenvalue weighted by Crippen LogP contribution is 2.64. The van der Waals surface area contributed by atoms with Gasteiger partial charge in [-0.05, 0) is 37.1 Å². The number of Topliss-reactive ketones (excluding diaryl/α,β-unsaturated/α-hetero) is 1. The molecule has 12 nitrogen and oxygen atoms in total. The smallest absolute Gasteiger partial charge is 0.338 e. The third kappa shape index (κ3) is 4.71. The summed E-state index contributed by atoms with van der Waals surface area (Å²) < 4.78 is 16.7. The summed E-state index contributed by atoms with van der Waals surface area (Å²) in [6.45, 7) is 6.94. The Hall–Kier alpha value is -3.45. The second-order valence-corrected chi connectivity index (χ2v) is 12.6. The Balaban J connectivity index is 2.11. The van der Waals surface area contributed by atoms with Gasteiger partial charge in [-0.1, -0.05) is 32.0 Å². The quantitative estimate of drug-likeness (QED) is 0.154. The maximum Gasteiger partial charge on any atom is 0.338 e. The van der Waals surface area contributed by atoms with Crippen molar-refractivity contribution in [2.24, 2.45) is 22.7 Å². The predicted molar refractivity (Wildman–Crippen MR) is 147 cm³/mol. The largest absolute Gasteiger partial charge is 0.463 e. The topological polar surface area (TPSA) is 194 Å². The van der Waals surface area contributed by atoms with Crippen molar-refractivity contribution in [2.45, 2.75) is 83.6 Å². The number of aldehydes is 1. The van der Waals surface area contributed by atoms with Gasteiger partial charge in [-0.25, -0.2) is 4.79 Å². The molecular formula is C31H38O12. The number of benzene rings is 1. The average Bonchev–Trinajstić information content (AvgIpc) is 3.10. The van der Waals surface area contributed by atoms with Crippen molar-refractivity contribution in [3.05, 3.63) is 47.0 Å². The normalized spacial score (nSPS) is 38.3. The van der Waals surface area contributed by atoms with Gasteiger partial charge in [-0.15, -0.1) is 0 Å². The summed E-state index contributed by atoms with van der Waals surface area (Å²) >= 11 is 0. The molecule has 0 aliphatic heterocycles. The Morgan fingerprint density at radius 1 is 1.00 bits per heavy atom. The van der Waals surface area contributed by atoms with Crippen LogP contribution >= 0.6 is 0 Å². The minimum Gasteiger partial charge on any atom is -0.463 e. The molecule has 0 radical (unpaired) electrons. The standard InChI is InChI=1S/C31H38O12/c1-15-20(35)12-31(40)26(43-27(38)18-10-8-7-9-11-18)23-29(6,24(36)19(13-32)30(23,39)14-41-16(2)33)25(37)22(42-17(3)34)21(15)28(31,4)5/h7-11,13,19-20,22-24,26,35-36,39-40H,12,14H2,1-6H3/t19-,20-,22+,23-,24-,26-,29-,30+,31+/m0/s1. The highest BCUT2D eigenvalue weighted by Gasteiger charge is 2.78. The Kier molecular flexibility index (Phi) is 8.24. The maximum absolute atomic E-state index is 14.7. The van der Waals surface area contributed by atoms with Crippen LogP contribution in [0.3, 0.4) is 0 Å². The number of ether oxygens (including phenoxy) is 3. The summed E-state index contributed by atoms with van der Waals surface area (Å²) in [5.41, 5.74) is -8.40. The molecule has 3 aliphatic rings. The molecule has 12 heteroatoms. The van der Waals surface area contributed by atoms with Gasteiger partial charge in [0.1, 0.15) is 30.2 Å². The van der Waals surface area contributed by atoms with Crippen molar-refractivity contribution in [1.29, 1.82) is 0 Å². The molecule has 0 heterocycles. The molecular weight excluding hydrogens is 564 g/mol. The summed E-state index contributed by atoms with van der Waals surface area (Å²) in [4.78, 5) is 65.0. The molecule has 234 valence electrons. The number of ketones is 1. The minimum atomic E-state index is -2.58. The van der Waals surface area contributed by atoms with E-state index in [2.05, 4.69) is 0 Å². The fourth-order valence-electron chi connectivity index (χ4n) is 7.53. The number of aliphatic hydroxyl groups excluding tert-OH is 2. The van der Waals surface area contributed by atoms with Crippen LogP contribution in [0.5, 0.6) is 0 Å². The van der Waals surface area contributed by atoms with Gasteiger partial charge < -0.3 is 39.4 Å². The molecule has 0 saturated heterocycles. The van der Waals surface area contributed by atoms with Crippen LogP contribution in [0, 0.1) is 22.7 Å². The summed E-state index contributed by atoms with van der Waals surface area (Å²) in [5, 5.41) is 47.9. The number of carbonyl (C=O) groups is 5. The van der Waals surface area contributed by atoms with Gasteiger partial charge in [0, 0.05) is 31.6 Å². The van der Waals surface area contributed by atoms with Gasteiger partial charge >= 0.3 is 17.9 Å². The lowest BCUT2D eigenvalue weighted by molar-refractivity contribution is -0.231. The summed E-state index contributed by atoms with van der Waals surface area (Å²) in [5.74, 6) is -7.29. The van der Waals surface area contributed by atoms with Crippen LogP contribution in [-0.2, 0) is 33.4 Å². The molecule has 4 rings (SSSR count). The van der Waals surface area contributed by atoms with Crippen LogP contribution in [0.25, 0.3) is 0 Å². The van der Waals surface area contributed by atoms with E-state index in [4.69, 9.17) is 14.2 Å². The van der Waals surface area contributed by atoms with Crippen LogP contribution < -0.4 is 0 Å². The van der Waals surface area contributed by atoms with Crippen LogP contribution in [0.1, 0.15) is 58.3 Å². The van der Waals surface area contributed by atoms with E-state index in [-0.39, 0.29) is 23.0 Å². The second-order valence-electron chi connectivity index (χ2n) is 12.6. The molecule has 0 spiro atoms. The molecule has 9 atom stereocenters. The molecule has 2 bridgehead atoms. The Morgan fingerprint density at radius 2 is 1.60 bits per heavy atom. The van der Waals surface area contributed by atoms with Crippen LogP contribution in [0.2, 0.25) is 0 Å². The fraction of sp³-hybridized carbons (Fsp3) is 0.581. The van der Waals surface area contributed by atoms with Gasteiger partial charge in [0.25, 0.3) is 0 Å². The molecule has 43 heavy (non-hydrogen) atoms. The molecule has 2 fully saturated rings. The average molecular weight is 603 g/mol. The zero-order valence-corrected chi connectivity index (χ0v) is 24.9. The lowest BCUT2D eigenvalue weighted by atomic mass is 9.50. The maximum atomic E-state index is 14.7. The first-order valence-corrected chi connectivity index (χ1v) is 14.0. The monoisotopic (exact) mass is 602 g/mol. The third-order valence-electron chi connectivity index (χ3n) is 9.89. The molecule has 2 saturated carbocycles. The number of fused-ring (bicyclic) bond motifs is 3. The summed E-state index contributed by atoms with van der Waals surface area (Å²) in [7, 11) is 0. The molecule has 0 amide bonds. The first kappa shape index (κ1) is 32.5. The SMILES string of the molecule is CC(=O)OC[C@]1(O)[C@H]2[C@H](OC(=O)c3ccccc3)[C@]3(O)C[C@H](O)C(C)=C([C@@H](OC(C)=O)C(=O)[C@]2(C)[C@@H](O)[C@@H]1C=O)C3(C)C. The highest BCUT2D eigenvalue weighted by molar-refractivity contribution is 5.96. The first-order valence-electron chi connectivity index (χ1n) is 14.0. The number of rotatable bonds is 6. The van der Waals surface area contributed by atoms with E-state index >= 15 is 0 Å². The van der Waals surface area contributed by atoms with Crippen LogP contribution in [-0.4, -0.2) is 92.6 Å². The Labute approximate surface area is 248 Å². The van der Waals surface area contributed by atoms with Crippen LogP contribution in [0.15, 0.2) is 41.5 Å². The molecule has 0 aromatic heterocycles. The van der Waals surface area contributed by atoms with Gasteiger partial charge in [0.05, 0.1) is 29.1 Å². The molecule has 3 aliphatic carbocycles. The summed E-state index contributed by atoms with van der Waals surface area (Å²) in [6, 6.07) is 7.67. The van der Waals surface area contributed by atoms with E-state index in [1.54, 1.807) is 18.2 Å². The highest BCUT2D eigenvalue weighted by atomic mass is 16.6. The van der Waals surface area contributed by atoms with Gasteiger partial charge in [-0.2, -0.15) is 0 Å². The van der Waals surface area contributed by atoms with Crippen molar-refractivity contribution >= 4 is 30.0 Å². The van der Waals surface area contributed by atoms with Gasteiger partial charge in [0.2, 0.25) is 0 Å². The van der Waals surface area contributed by atoms with Gasteiger partial charge in [0.15, 0.2) is 11.9 Å². The van der Waals surface area contributed by atoms with Crippen molar-refractivity contribution < 1.29 is 58.6 Å². The fourth-order valence-corrected chi connectivity index (χ4v) is 7.53. The predicted octanol–water partition coefficient (Wildman–Crippen LogP) is 0.671. The van der Waals surface area contributed by atoms with Crippen molar-refractivity contribution in [3.63, 3.8) is 0 Å².